The molecule has 1 aromatic heterocycles. The molecule has 0 saturated heterocycles. The van der Waals surface area contributed by atoms with E-state index in [-0.39, 0.29) is 11.4 Å². The number of hydrogen-bond acceptors (Lipinski definition) is 3. The lowest BCUT2D eigenvalue weighted by molar-refractivity contribution is -0.276. The zero-order valence-corrected chi connectivity index (χ0v) is 6.80. The third-order valence-electron chi connectivity index (χ3n) is 1.27. The van der Waals surface area contributed by atoms with E-state index in [0.717, 1.165) is 12.3 Å². The summed E-state index contributed by atoms with van der Waals surface area (Å²) in [5, 5.41) is 6.96. The van der Waals surface area contributed by atoms with E-state index in [0.29, 0.717) is 0 Å². The van der Waals surface area contributed by atoms with Crippen LogP contribution < -0.4 is 10.5 Å². The molecule has 7 heteroatoms. The van der Waals surface area contributed by atoms with Crippen LogP contribution in [0.15, 0.2) is 18.3 Å². The van der Waals surface area contributed by atoms with Gasteiger partial charge in [0.15, 0.2) is 0 Å². The SMILES string of the molecule is N=C(N)c1ccc(OC(F)(F)F)nc1. The van der Waals surface area contributed by atoms with Gasteiger partial charge in [-0.1, -0.05) is 0 Å². The maximum Gasteiger partial charge on any atom is 0.574 e. The monoisotopic (exact) mass is 205 g/mol. The summed E-state index contributed by atoms with van der Waals surface area (Å²) < 4.78 is 38.5. The summed E-state index contributed by atoms with van der Waals surface area (Å²) in [5.41, 5.74) is 5.31. The van der Waals surface area contributed by atoms with Gasteiger partial charge in [0, 0.05) is 17.8 Å². The van der Waals surface area contributed by atoms with Gasteiger partial charge in [-0.25, -0.2) is 4.98 Å². The molecule has 0 atom stereocenters. The smallest absolute Gasteiger partial charge is 0.388 e. The average Bonchev–Trinajstić information content (AvgIpc) is 2.02. The zero-order chi connectivity index (χ0) is 10.8. The largest absolute Gasteiger partial charge is 0.574 e. The first kappa shape index (κ1) is 10.3. The molecule has 0 unspecified atom stereocenters. The van der Waals surface area contributed by atoms with E-state index >= 15 is 0 Å². The number of aromatic nitrogens is 1. The van der Waals surface area contributed by atoms with Crippen LogP contribution in [-0.2, 0) is 0 Å². The number of alkyl halides is 3. The van der Waals surface area contributed by atoms with Gasteiger partial charge in [0.05, 0.1) is 0 Å². The molecular weight excluding hydrogens is 199 g/mol. The van der Waals surface area contributed by atoms with Crippen molar-refractivity contribution in [1.82, 2.24) is 4.98 Å². The topological polar surface area (TPSA) is 72.0 Å². The van der Waals surface area contributed by atoms with Crippen LogP contribution in [0.25, 0.3) is 0 Å². The van der Waals surface area contributed by atoms with E-state index in [1.165, 1.54) is 6.07 Å². The molecule has 0 amide bonds. The molecule has 1 rings (SSSR count). The molecule has 0 spiro atoms. The first-order chi connectivity index (χ1) is 6.38. The second kappa shape index (κ2) is 3.52. The van der Waals surface area contributed by atoms with E-state index in [2.05, 4.69) is 9.72 Å². The summed E-state index contributed by atoms with van der Waals surface area (Å²) in [4.78, 5) is 3.32. The summed E-state index contributed by atoms with van der Waals surface area (Å²) in [6, 6.07) is 2.21. The lowest BCUT2D eigenvalue weighted by atomic mass is 10.3. The molecule has 0 aliphatic carbocycles. The number of ether oxygens (including phenoxy) is 1. The fourth-order valence-electron chi connectivity index (χ4n) is 0.719. The third-order valence-corrected chi connectivity index (χ3v) is 1.27. The number of hydrogen-bond donors (Lipinski definition) is 2. The van der Waals surface area contributed by atoms with Crippen molar-refractivity contribution in [2.75, 3.05) is 0 Å². The first-order valence-electron chi connectivity index (χ1n) is 3.45. The fraction of sp³-hybridized carbons (Fsp3) is 0.143. The summed E-state index contributed by atoms with van der Waals surface area (Å²) in [7, 11) is 0. The quantitative estimate of drug-likeness (QED) is 0.564. The van der Waals surface area contributed by atoms with E-state index in [9.17, 15) is 13.2 Å². The number of amidine groups is 1. The van der Waals surface area contributed by atoms with Crippen molar-refractivity contribution in [1.29, 1.82) is 5.41 Å². The van der Waals surface area contributed by atoms with Crippen molar-refractivity contribution in [3.8, 4) is 5.88 Å². The first-order valence-corrected chi connectivity index (χ1v) is 3.45. The van der Waals surface area contributed by atoms with Gasteiger partial charge in [0.2, 0.25) is 5.88 Å². The average molecular weight is 205 g/mol. The Balaban J connectivity index is 2.79. The number of nitrogens with zero attached hydrogens (tertiary/aromatic N) is 1. The molecule has 4 nitrogen and oxygen atoms in total. The number of rotatable bonds is 2. The van der Waals surface area contributed by atoms with E-state index in [1.807, 2.05) is 0 Å². The molecule has 0 fully saturated rings. The van der Waals surface area contributed by atoms with Crippen molar-refractivity contribution in [2.45, 2.75) is 6.36 Å². The number of nitrogen functional groups attached to an aromatic ring is 1. The van der Waals surface area contributed by atoms with Gasteiger partial charge in [-0.3, -0.25) is 5.41 Å². The van der Waals surface area contributed by atoms with E-state index in [4.69, 9.17) is 11.1 Å². The Morgan fingerprint density at radius 3 is 2.43 bits per heavy atom. The third kappa shape index (κ3) is 2.92. The molecule has 1 heterocycles. The second-order valence-corrected chi connectivity index (χ2v) is 2.35. The normalized spacial score (nSPS) is 11.1. The van der Waals surface area contributed by atoms with E-state index in [1.54, 1.807) is 0 Å². The summed E-state index contributed by atoms with van der Waals surface area (Å²) in [5.74, 6) is -0.849. The van der Waals surface area contributed by atoms with Crippen LogP contribution >= 0.6 is 0 Å². The number of nitrogens with two attached hydrogens (primary N) is 1. The highest BCUT2D eigenvalue weighted by Crippen LogP contribution is 2.20. The van der Waals surface area contributed by atoms with Crippen molar-refractivity contribution in [3.63, 3.8) is 0 Å². The molecule has 14 heavy (non-hydrogen) atoms. The second-order valence-electron chi connectivity index (χ2n) is 2.35. The summed E-state index contributed by atoms with van der Waals surface area (Å²) in [6.07, 6.45) is -3.73. The van der Waals surface area contributed by atoms with Crippen LogP contribution in [0.2, 0.25) is 0 Å². The van der Waals surface area contributed by atoms with Gasteiger partial charge in [0.25, 0.3) is 0 Å². The zero-order valence-electron chi connectivity index (χ0n) is 6.80. The predicted octanol–water partition coefficient (Wildman–Crippen LogP) is 1.26. The number of halogens is 3. The standard InChI is InChI=1S/C7H6F3N3O/c8-7(9,10)14-5-2-1-4(3-13-5)6(11)12/h1-3H,(H3,11,12). The van der Waals surface area contributed by atoms with Crippen molar-refractivity contribution in [2.24, 2.45) is 5.73 Å². The molecule has 0 saturated carbocycles. The molecule has 3 N–H and O–H groups in total. The molecule has 76 valence electrons. The summed E-state index contributed by atoms with van der Waals surface area (Å²) in [6.45, 7) is 0. The van der Waals surface area contributed by atoms with Crippen LogP contribution in [-0.4, -0.2) is 17.2 Å². The lowest BCUT2D eigenvalue weighted by Gasteiger charge is -2.07. The Hall–Kier alpha value is -1.79. The van der Waals surface area contributed by atoms with Gasteiger partial charge in [-0.05, 0) is 6.07 Å². The minimum atomic E-state index is -4.76. The predicted molar refractivity (Wildman–Crippen MR) is 41.9 cm³/mol. The van der Waals surface area contributed by atoms with Crippen molar-refractivity contribution < 1.29 is 17.9 Å². The molecular formula is C7H6F3N3O. The lowest BCUT2D eigenvalue weighted by Crippen LogP contribution is -2.18. The minimum absolute atomic E-state index is 0.236. The van der Waals surface area contributed by atoms with Crippen LogP contribution in [0.3, 0.4) is 0 Å². The molecule has 0 radical (unpaired) electrons. The van der Waals surface area contributed by atoms with Crippen LogP contribution in [0.1, 0.15) is 5.56 Å². The van der Waals surface area contributed by atoms with Gasteiger partial charge in [0.1, 0.15) is 5.84 Å². The van der Waals surface area contributed by atoms with Gasteiger partial charge in [-0.2, -0.15) is 0 Å². The fourth-order valence-corrected chi connectivity index (χ4v) is 0.719. The van der Waals surface area contributed by atoms with Crippen molar-refractivity contribution in [3.05, 3.63) is 23.9 Å². The summed E-state index contributed by atoms with van der Waals surface area (Å²) >= 11 is 0. The number of nitrogens with one attached hydrogen (secondary N) is 1. The molecule has 0 aliphatic rings. The maximum atomic E-state index is 11.7. The van der Waals surface area contributed by atoms with Crippen molar-refractivity contribution >= 4 is 5.84 Å². The van der Waals surface area contributed by atoms with Crippen LogP contribution in [0.5, 0.6) is 5.88 Å². The molecule has 0 aliphatic heterocycles. The highest BCUT2D eigenvalue weighted by Gasteiger charge is 2.31. The van der Waals surface area contributed by atoms with Gasteiger partial charge >= 0.3 is 6.36 Å². The Labute approximate surface area is 77.0 Å². The Morgan fingerprint density at radius 1 is 1.43 bits per heavy atom. The highest BCUT2D eigenvalue weighted by molar-refractivity contribution is 5.94. The molecule has 1 aromatic rings. The van der Waals surface area contributed by atoms with Crippen LogP contribution in [0.4, 0.5) is 13.2 Å². The molecule has 0 bridgehead atoms. The highest BCUT2D eigenvalue weighted by atomic mass is 19.4. The Morgan fingerprint density at radius 2 is 2.07 bits per heavy atom. The maximum absolute atomic E-state index is 11.7. The number of pyridine rings is 1. The Bertz CT molecular complexity index is 333. The minimum Gasteiger partial charge on any atom is -0.388 e. The Kier molecular flexibility index (Phi) is 2.59. The van der Waals surface area contributed by atoms with Gasteiger partial charge in [-0.15, -0.1) is 13.2 Å². The van der Waals surface area contributed by atoms with Crippen LogP contribution in [0, 0.1) is 5.41 Å². The van der Waals surface area contributed by atoms with E-state index < -0.39 is 12.2 Å². The van der Waals surface area contributed by atoms with Gasteiger partial charge < -0.3 is 10.5 Å². The molecule has 0 aromatic carbocycles.